The summed E-state index contributed by atoms with van der Waals surface area (Å²) in [6.45, 7) is 4.26. The fourth-order valence-corrected chi connectivity index (χ4v) is 2.82. The molecule has 0 aliphatic heterocycles. The summed E-state index contributed by atoms with van der Waals surface area (Å²) in [5, 5.41) is 3.12. The summed E-state index contributed by atoms with van der Waals surface area (Å²) in [7, 11) is 0. The second-order valence-corrected chi connectivity index (χ2v) is 5.80. The molecule has 0 aromatic heterocycles. The highest BCUT2D eigenvalue weighted by Crippen LogP contribution is 2.25. The van der Waals surface area contributed by atoms with Crippen molar-refractivity contribution in [1.29, 1.82) is 0 Å². The molecule has 0 aromatic rings. The molecular weight excluding hydrogens is 224 g/mol. The van der Waals surface area contributed by atoms with Crippen LogP contribution in [0.25, 0.3) is 0 Å². The third-order valence-corrected chi connectivity index (χ3v) is 4.18. The molecule has 0 saturated heterocycles. The lowest BCUT2D eigenvalue weighted by molar-refractivity contribution is -0.123. The molecular formula is C15H30N2O. The van der Waals surface area contributed by atoms with Crippen molar-refractivity contribution in [2.24, 2.45) is 11.7 Å². The zero-order valence-electron chi connectivity index (χ0n) is 12.1. The molecule has 2 atom stereocenters. The summed E-state index contributed by atoms with van der Waals surface area (Å²) < 4.78 is 0. The fraction of sp³-hybridized carbons (Fsp3) is 0.933. The molecule has 0 spiro atoms. The van der Waals surface area contributed by atoms with Crippen LogP contribution in [0, 0.1) is 5.92 Å². The number of amides is 1. The van der Waals surface area contributed by atoms with Crippen LogP contribution in [0.1, 0.15) is 71.6 Å². The number of hydrogen-bond donors (Lipinski definition) is 2. The maximum absolute atomic E-state index is 12.0. The molecule has 0 heterocycles. The van der Waals surface area contributed by atoms with Crippen LogP contribution in [0.5, 0.6) is 0 Å². The van der Waals surface area contributed by atoms with Crippen LogP contribution in [-0.4, -0.2) is 18.0 Å². The van der Waals surface area contributed by atoms with Crippen LogP contribution >= 0.6 is 0 Å². The van der Waals surface area contributed by atoms with Gasteiger partial charge in [-0.05, 0) is 32.1 Å². The summed E-state index contributed by atoms with van der Waals surface area (Å²) in [6, 6.07) is -0.0403. The van der Waals surface area contributed by atoms with E-state index in [0.29, 0.717) is 5.92 Å². The minimum atomic E-state index is -0.321. The van der Waals surface area contributed by atoms with Gasteiger partial charge in [-0.15, -0.1) is 0 Å². The second-order valence-electron chi connectivity index (χ2n) is 5.80. The average molecular weight is 254 g/mol. The van der Waals surface area contributed by atoms with Crippen LogP contribution < -0.4 is 11.1 Å². The molecule has 1 saturated carbocycles. The maximum atomic E-state index is 12.0. The Morgan fingerprint density at radius 2 is 1.89 bits per heavy atom. The smallest absolute Gasteiger partial charge is 0.237 e. The first kappa shape index (κ1) is 15.5. The summed E-state index contributed by atoms with van der Waals surface area (Å²) in [6.07, 6.45) is 10.8. The van der Waals surface area contributed by atoms with E-state index in [1.807, 2.05) is 0 Å². The number of carbonyl (C=O) groups is 1. The van der Waals surface area contributed by atoms with Gasteiger partial charge in [-0.1, -0.05) is 45.4 Å². The molecule has 18 heavy (non-hydrogen) atoms. The zero-order chi connectivity index (χ0) is 13.4. The molecule has 1 fully saturated rings. The molecule has 3 nitrogen and oxygen atoms in total. The van der Waals surface area contributed by atoms with E-state index in [1.165, 1.54) is 38.5 Å². The molecule has 1 rings (SSSR count). The lowest BCUT2D eigenvalue weighted by Crippen LogP contribution is -2.46. The van der Waals surface area contributed by atoms with Crippen molar-refractivity contribution in [2.75, 3.05) is 0 Å². The minimum Gasteiger partial charge on any atom is -0.352 e. The molecule has 0 bridgehead atoms. The average Bonchev–Trinajstić information content (AvgIpc) is 2.64. The topological polar surface area (TPSA) is 55.1 Å². The van der Waals surface area contributed by atoms with Crippen molar-refractivity contribution in [3.63, 3.8) is 0 Å². The Labute approximate surface area is 112 Å². The van der Waals surface area contributed by atoms with Crippen molar-refractivity contribution in [2.45, 2.75) is 83.7 Å². The number of nitrogens with two attached hydrogens (primary N) is 1. The van der Waals surface area contributed by atoms with Gasteiger partial charge in [0.05, 0.1) is 6.04 Å². The maximum Gasteiger partial charge on any atom is 0.237 e. The van der Waals surface area contributed by atoms with Crippen LogP contribution in [0.2, 0.25) is 0 Å². The van der Waals surface area contributed by atoms with Crippen molar-refractivity contribution >= 4 is 5.91 Å². The van der Waals surface area contributed by atoms with E-state index in [4.69, 9.17) is 5.73 Å². The predicted molar refractivity (Wildman–Crippen MR) is 76.3 cm³/mol. The van der Waals surface area contributed by atoms with Crippen LogP contribution in [0.15, 0.2) is 0 Å². The van der Waals surface area contributed by atoms with Gasteiger partial charge < -0.3 is 11.1 Å². The highest BCUT2D eigenvalue weighted by molar-refractivity contribution is 5.81. The Kier molecular flexibility index (Phi) is 7.33. The number of hydrogen-bond acceptors (Lipinski definition) is 2. The van der Waals surface area contributed by atoms with Gasteiger partial charge in [0, 0.05) is 6.04 Å². The Morgan fingerprint density at radius 1 is 1.28 bits per heavy atom. The van der Waals surface area contributed by atoms with Crippen molar-refractivity contribution in [1.82, 2.24) is 5.32 Å². The van der Waals surface area contributed by atoms with Gasteiger partial charge >= 0.3 is 0 Å². The third kappa shape index (κ3) is 5.38. The molecule has 0 radical (unpaired) electrons. The Morgan fingerprint density at radius 3 is 2.44 bits per heavy atom. The minimum absolute atomic E-state index is 0.0418. The van der Waals surface area contributed by atoms with Crippen LogP contribution in [-0.2, 0) is 4.79 Å². The third-order valence-electron chi connectivity index (χ3n) is 4.18. The van der Waals surface area contributed by atoms with Gasteiger partial charge in [-0.3, -0.25) is 4.79 Å². The zero-order valence-corrected chi connectivity index (χ0v) is 12.1. The summed E-state index contributed by atoms with van der Waals surface area (Å²) in [5.41, 5.74) is 5.90. The number of rotatable bonds is 6. The van der Waals surface area contributed by atoms with E-state index < -0.39 is 0 Å². The number of nitrogens with one attached hydrogen (secondary N) is 1. The fourth-order valence-electron chi connectivity index (χ4n) is 2.82. The van der Waals surface area contributed by atoms with E-state index in [9.17, 15) is 4.79 Å². The van der Waals surface area contributed by atoms with E-state index in [2.05, 4.69) is 19.2 Å². The second kappa shape index (κ2) is 8.52. The monoisotopic (exact) mass is 254 g/mol. The highest BCUT2D eigenvalue weighted by Gasteiger charge is 2.22. The van der Waals surface area contributed by atoms with E-state index in [-0.39, 0.29) is 18.0 Å². The van der Waals surface area contributed by atoms with Gasteiger partial charge in [-0.2, -0.15) is 0 Å². The Balaban J connectivity index is 2.32. The number of unbranched alkanes of at least 4 members (excludes halogenated alkanes) is 1. The first-order valence-corrected chi connectivity index (χ1v) is 7.71. The summed E-state index contributed by atoms with van der Waals surface area (Å²) in [4.78, 5) is 12.0. The van der Waals surface area contributed by atoms with Crippen LogP contribution in [0.4, 0.5) is 0 Å². The van der Waals surface area contributed by atoms with Gasteiger partial charge in [0.15, 0.2) is 0 Å². The molecule has 1 amide bonds. The van der Waals surface area contributed by atoms with E-state index in [1.54, 1.807) is 0 Å². The Bertz CT molecular complexity index is 235. The first-order valence-electron chi connectivity index (χ1n) is 7.71. The van der Waals surface area contributed by atoms with E-state index >= 15 is 0 Å². The summed E-state index contributed by atoms with van der Waals surface area (Å²) >= 11 is 0. The predicted octanol–water partition coefficient (Wildman–Crippen LogP) is 2.98. The van der Waals surface area contributed by atoms with Crippen molar-refractivity contribution in [3.05, 3.63) is 0 Å². The molecule has 1 aliphatic carbocycles. The quantitative estimate of drug-likeness (QED) is 0.716. The van der Waals surface area contributed by atoms with Gasteiger partial charge in [0.1, 0.15) is 0 Å². The molecule has 3 N–H and O–H groups in total. The molecule has 106 valence electrons. The van der Waals surface area contributed by atoms with Gasteiger partial charge in [-0.25, -0.2) is 0 Å². The lowest BCUT2D eigenvalue weighted by Gasteiger charge is -2.25. The summed E-state index contributed by atoms with van der Waals surface area (Å²) in [5.74, 6) is 0.690. The normalized spacial score (nSPS) is 21.1. The molecule has 1 unspecified atom stereocenters. The SMILES string of the molecule is CCCCC(N)C(=O)N[C@H](C)C1CCCCCC1. The van der Waals surface area contributed by atoms with Gasteiger partial charge in [0.2, 0.25) is 5.91 Å². The largest absolute Gasteiger partial charge is 0.352 e. The van der Waals surface area contributed by atoms with Crippen LogP contribution in [0.3, 0.4) is 0 Å². The Hall–Kier alpha value is -0.570. The highest BCUT2D eigenvalue weighted by atomic mass is 16.2. The van der Waals surface area contributed by atoms with E-state index in [0.717, 1.165) is 19.3 Å². The van der Waals surface area contributed by atoms with Gasteiger partial charge in [0.25, 0.3) is 0 Å². The van der Waals surface area contributed by atoms with Crippen molar-refractivity contribution in [3.8, 4) is 0 Å². The lowest BCUT2D eigenvalue weighted by atomic mass is 9.92. The standard InChI is InChI=1S/C15H30N2O/c1-3-4-11-14(16)15(18)17-12(2)13-9-7-5-6-8-10-13/h12-14H,3-11,16H2,1-2H3,(H,17,18)/t12-,14?/m1/s1. The van der Waals surface area contributed by atoms with Crippen molar-refractivity contribution < 1.29 is 4.79 Å². The molecule has 0 aromatic carbocycles. The number of carbonyl (C=O) groups excluding carboxylic acids is 1. The first-order chi connectivity index (χ1) is 8.65. The molecule has 3 heteroatoms. The molecule has 1 aliphatic rings.